The SMILES string of the molecule is CS(=O)(=O)c1ccc(NC(=O)COc2ccc3ccccc3c2Br)cn1. The quantitative estimate of drug-likeness (QED) is 0.664. The number of rotatable bonds is 5. The fourth-order valence-corrected chi connectivity index (χ4v) is 3.51. The molecule has 134 valence electrons. The fraction of sp³-hybridized carbons (Fsp3) is 0.111. The highest BCUT2D eigenvalue weighted by Gasteiger charge is 2.11. The summed E-state index contributed by atoms with van der Waals surface area (Å²) in [6, 6.07) is 14.4. The van der Waals surface area contributed by atoms with Crippen molar-refractivity contribution in [3.05, 3.63) is 59.2 Å². The van der Waals surface area contributed by atoms with Gasteiger partial charge in [0.15, 0.2) is 21.5 Å². The van der Waals surface area contributed by atoms with Gasteiger partial charge in [-0.25, -0.2) is 13.4 Å². The van der Waals surface area contributed by atoms with Gasteiger partial charge in [-0.3, -0.25) is 4.79 Å². The molecule has 0 bridgehead atoms. The number of nitrogens with zero attached hydrogens (tertiary/aromatic N) is 1. The Balaban J connectivity index is 1.65. The first kappa shape index (κ1) is 18.3. The summed E-state index contributed by atoms with van der Waals surface area (Å²) < 4.78 is 29.1. The Morgan fingerprint density at radius 3 is 2.62 bits per heavy atom. The van der Waals surface area contributed by atoms with Gasteiger partial charge in [0.05, 0.1) is 16.4 Å². The van der Waals surface area contributed by atoms with Crippen LogP contribution in [0.25, 0.3) is 10.8 Å². The van der Waals surface area contributed by atoms with Crippen LogP contribution in [0.15, 0.2) is 64.2 Å². The summed E-state index contributed by atoms with van der Waals surface area (Å²) in [5.41, 5.74) is 0.392. The smallest absolute Gasteiger partial charge is 0.262 e. The van der Waals surface area contributed by atoms with E-state index >= 15 is 0 Å². The van der Waals surface area contributed by atoms with E-state index in [0.29, 0.717) is 11.4 Å². The zero-order chi connectivity index (χ0) is 18.7. The van der Waals surface area contributed by atoms with Crippen molar-refractivity contribution in [1.82, 2.24) is 4.98 Å². The molecule has 0 radical (unpaired) electrons. The maximum Gasteiger partial charge on any atom is 0.262 e. The van der Waals surface area contributed by atoms with E-state index in [4.69, 9.17) is 4.74 Å². The first-order chi connectivity index (χ1) is 12.3. The first-order valence-corrected chi connectivity index (χ1v) is 10.3. The van der Waals surface area contributed by atoms with E-state index in [9.17, 15) is 13.2 Å². The van der Waals surface area contributed by atoms with Crippen LogP contribution in [0.2, 0.25) is 0 Å². The Hall–Kier alpha value is -2.45. The molecule has 0 saturated heterocycles. The van der Waals surface area contributed by atoms with Gasteiger partial charge in [-0.15, -0.1) is 0 Å². The maximum absolute atomic E-state index is 12.0. The molecule has 0 saturated carbocycles. The molecule has 8 heteroatoms. The average molecular weight is 435 g/mol. The Bertz CT molecular complexity index is 1070. The zero-order valence-corrected chi connectivity index (χ0v) is 16.2. The van der Waals surface area contributed by atoms with Crippen LogP contribution in [0.1, 0.15) is 0 Å². The minimum Gasteiger partial charge on any atom is -0.483 e. The van der Waals surface area contributed by atoms with Gasteiger partial charge in [-0.05, 0) is 44.9 Å². The molecule has 1 N–H and O–H groups in total. The van der Waals surface area contributed by atoms with Crippen LogP contribution in [0.3, 0.4) is 0 Å². The lowest BCUT2D eigenvalue weighted by Gasteiger charge is -2.11. The van der Waals surface area contributed by atoms with Gasteiger partial charge < -0.3 is 10.1 Å². The molecule has 0 aliphatic carbocycles. The number of anilines is 1. The standard InChI is InChI=1S/C18H15BrN2O4S/c1-26(23,24)17-9-7-13(10-20-17)21-16(22)11-25-15-8-6-12-4-2-3-5-14(12)18(15)19/h2-10H,11H2,1H3,(H,21,22). The molecule has 1 aromatic heterocycles. The number of nitrogens with one attached hydrogen (secondary N) is 1. The summed E-state index contributed by atoms with van der Waals surface area (Å²) in [5, 5.41) is 4.62. The lowest BCUT2D eigenvalue weighted by atomic mass is 10.1. The summed E-state index contributed by atoms with van der Waals surface area (Å²) in [7, 11) is -3.37. The number of hydrogen-bond acceptors (Lipinski definition) is 5. The molecule has 0 fully saturated rings. The number of sulfone groups is 1. The molecule has 0 aliphatic heterocycles. The molecule has 0 atom stereocenters. The van der Waals surface area contributed by atoms with Crippen LogP contribution in [0.4, 0.5) is 5.69 Å². The van der Waals surface area contributed by atoms with Crippen LogP contribution < -0.4 is 10.1 Å². The van der Waals surface area contributed by atoms with Gasteiger partial charge in [0.25, 0.3) is 5.91 Å². The van der Waals surface area contributed by atoms with Crippen molar-refractivity contribution in [1.29, 1.82) is 0 Å². The van der Waals surface area contributed by atoms with Crippen LogP contribution in [0, 0.1) is 0 Å². The van der Waals surface area contributed by atoms with Crippen LogP contribution >= 0.6 is 15.9 Å². The van der Waals surface area contributed by atoms with E-state index in [1.165, 1.54) is 18.3 Å². The highest BCUT2D eigenvalue weighted by Crippen LogP contribution is 2.32. The monoisotopic (exact) mass is 434 g/mol. The molecule has 26 heavy (non-hydrogen) atoms. The number of hydrogen-bond donors (Lipinski definition) is 1. The number of carbonyl (C=O) groups excluding carboxylic acids is 1. The van der Waals surface area contributed by atoms with Crippen molar-refractivity contribution in [2.45, 2.75) is 5.03 Å². The fourth-order valence-electron chi connectivity index (χ4n) is 2.34. The van der Waals surface area contributed by atoms with Crippen molar-refractivity contribution >= 4 is 48.1 Å². The molecule has 1 amide bonds. The second-order valence-corrected chi connectivity index (χ2v) is 8.35. The number of fused-ring (bicyclic) bond motifs is 1. The number of ether oxygens (including phenoxy) is 1. The minimum absolute atomic E-state index is 0.0492. The van der Waals surface area contributed by atoms with Crippen molar-refractivity contribution in [2.24, 2.45) is 0 Å². The highest BCUT2D eigenvalue weighted by molar-refractivity contribution is 9.10. The molecule has 1 heterocycles. The first-order valence-electron chi connectivity index (χ1n) is 7.60. The minimum atomic E-state index is -3.37. The largest absolute Gasteiger partial charge is 0.483 e. The summed E-state index contributed by atoms with van der Waals surface area (Å²) >= 11 is 3.50. The topological polar surface area (TPSA) is 85.4 Å². The van der Waals surface area contributed by atoms with Crippen molar-refractivity contribution in [2.75, 3.05) is 18.2 Å². The molecular formula is C18H15BrN2O4S. The highest BCUT2D eigenvalue weighted by atomic mass is 79.9. The molecular weight excluding hydrogens is 420 g/mol. The number of carbonyl (C=O) groups is 1. The van der Waals surface area contributed by atoms with Gasteiger partial charge in [-0.1, -0.05) is 30.3 Å². The van der Waals surface area contributed by atoms with E-state index in [1.807, 2.05) is 30.3 Å². The van der Waals surface area contributed by atoms with Crippen LogP contribution in [0.5, 0.6) is 5.75 Å². The van der Waals surface area contributed by atoms with Crippen LogP contribution in [-0.2, 0) is 14.6 Å². The number of aromatic nitrogens is 1. The summed E-state index contributed by atoms with van der Waals surface area (Å²) in [5.74, 6) is 0.184. The normalized spacial score (nSPS) is 11.3. The van der Waals surface area contributed by atoms with Crippen molar-refractivity contribution < 1.29 is 17.9 Å². The molecule has 0 unspecified atom stereocenters. The average Bonchev–Trinajstić information content (AvgIpc) is 2.61. The van der Waals surface area contributed by atoms with E-state index < -0.39 is 9.84 Å². The van der Waals surface area contributed by atoms with Gasteiger partial charge in [-0.2, -0.15) is 0 Å². The third-order valence-corrected chi connectivity index (χ3v) is 5.41. The van der Waals surface area contributed by atoms with Crippen LogP contribution in [-0.4, -0.2) is 32.2 Å². The number of halogens is 1. The predicted octanol–water partition coefficient (Wildman–Crippen LogP) is 3.42. The lowest BCUT2D eigenvalue weighted by Crippen LogP contribution is -2.20. The van der Waals surface area contributed by atoms with E-state index in [1.54, 1.807) is 6.07 Å². The second-order valence-electron chi connectivity index (χ2n) is 5.59. The molecule has 2 aromatic carbocycles. The summed E-state index contributed by atoms with van der Waals surface area (Å²) in [6.07, 6.45) is 2.36. The Kier molecular flexibility index (Phi) is 5.24. The maximum atomic E-state index is 12.0. The molecule has 0 aliphatic rings. The van der Waals surface area contributed by atoms with Gasteiger partial charge in [0.1, 0.15) is 5.75 Å². The number of amides is 1. The Morgan fingerprint density at radius 1 is 1.15 bits per heavy atom. The second kappa shape index (κ2) is 7.43. The van der Waals surface area contributed by atoms with E-state index in [0.717, 1.165) is 21.5 Å². The van der Waals surface area contributed by atoms with Crippen molar-refractivity contribution in [3.63, 3.8) is 0 Å². The molecule has 6 nitrogen and oxygen atoms in total. The van der Waals surface area contributed by atoms with E-state index in [-0.39, 0.29) is 17.5 Å². The van der Waals surface area contributed by atoms with Gasteiger partial charge in [0.2, 0.25) is 0 Å². The van der Waals surface area contributed by atoms with Gasteiger partial charge in [0, 0.05) is 6.26 Å². The van der Waals surface area contributed by atoms with E-state index in [2.05, 4.69) is 26.2 Å². The summed E-state index contributed by atoms with van der Waals surface area (Å²) in [4.78, 5) is 15.9. The Labute approximate surface area is 159 Å². The summed E-state index contributed by atoms with van der Waals surface area (Å²) in [6.45, 7) is -0.190. The van der Waals surface area contributed by atoms with Gasteiger partial charge >= 0.3 is 0 Å². The number of benzene rings is 2. The molecule has 0 spiro atoms. The predicted molar refractivity (Wildman–Crippen MR) is 103 cm³/mol. The zero-order valence-electron chi connectivity index (χ0n) is 13.8. The third kappa shape index (κ3) is 4.20. The lowest BCUT2D eigenvalue weighted by molar-refractivity contribution is -0.118. The number of pyridine rings is 1. The molecule has 3 aromatic rings. The van der Waals surface area contributed by atoms with Crippen molar-refractivity contribution in [3.8, 4) is 5.75 Å². The molecule has 3 rings (SSSR count). The Morgan fingerprint density at radius 2 is 1.92 bits per heavy atom. The third-order valence-electron chi connectivity index (χ3n) is 3.59.